The second-order valence-electron chi connectivity index (χ2n) is 7.09. The Bertz CT molecular complexity index is 708. The minimum atomic E-state index is -0.472. The van der Waals surface area contributed by atoms with Crippen molar-refractivity contribution in [1.82, 2.24) is 9.97 Å². The van der Waals surface area contributed by atoms with Crippen LogP contribution in [-0.2, 0) is 9.31 Å². The van der Waals surface area contributed by atoms with Crippen molar-refractivity contribution in [3.8, 4) is 11.8 Å². The zero-order valence-electron chi connectivity index (χ0n) is 15.1. The molecule has 0 N–H and O–H groups in total. The Hall–Kier alpha value is -1.92. The Morgan fingerprint density at radius 3 is 1.88 bits per heavy atom. The normalized spacial score (nSPS) is 18.7. The third-order valence-electron chi connectivity index (χ3n) is 4.75. The van der Waals surface area contributed by atoms with E-state index in [1.54, 1.807) is 0 Å². The second kappa shape index (κ2) is 5.86. The van der Waals surface area contributed by atoms with Crippen LogP contribution in [-0.4, -0.2) is 28.3 Å². The van der Waals surface area contributed by atoms with Gasteiger partial charge in [-0.15, -0.1) is 0 Å². The smallest absolute Gasteiger partial charge is 0.424 e. The summed E-state index contributed by atoms with van der Waals surface area (Å²) < 4.78 is 18.0. The molecule has 6 heteroatoms. The van der Waals surface area contributed by atoms with Crippen LogP contribution in [0.5, 0.6) is 11.8 Å². The lowest BCUT2D eigenvalue weighted by molar-refractivity contribution is 0.00578. The first kappa shape index (κ1) is 16.9. The molecule has 1 aliphatic heterocycles. The molecule has 3 rings (SSSR count). The summed E-state index contributed by atoms with van der Waals surface area (Å²) in [5.74, 6) is 0.708. The minimum absolute atomic E-state index is 0.330. The van der Waals surface area contributed by atoms with Gasteiger partial charge in [0.25, 0.3) is 0 Å². The molecule has 1 saturated heterocycles. The largest absolute Gasteiger partial charge is 0.498 e. The van der Waals surface area contributed by atoms with Crippen LogP contribution in [0.1, 0.15) is 39.1 Å². The number of rotatable bonds is 3. The fourth-order valence-corrected chi connectivity index (χ4v) is 2.64. The Labute approximate surface area is 143 Å². The first-order valence-corrected chi connectivity index (χ1v) is 8.13. The summed E-state index contributed by atoms with van der Waals surface area (Å²) in [5, 5.41) is 0. The average Bonchev–Trinajstić information content (AvgIpc) is 2.67. The molecule has 0 unspecified atom stereocenters. The number of para-hydroxylation sites is 1. The van der Waals surface area contributed by atoms with Gasteiger partial charge in [-0.2, -0.15) is 0 Å². The average molecular weight is 326 g/mol. The molecule has 126 valence electrons. The molecular formula is C18H23BN2O3. The van der Waals surface area contributed by atoms with E-state index in [-0.39, 0.29) is 0 Å². The fraction of sp³-hybridized carbons (Fsp3) is 0.444. The predicted molar refractivity (Wildman–Crippen MR) is 93.7 cm³/mol. The van der Waals surface area contributed by atoms with Crippen molar-refractivity contribution in [3.05, 3.63) is 41.7 Å². The molecule has 24 heavy (non-hydrogen) atoms. The van der Waals surface area contributed by atoms with E-state index in [9.17, 15) is 0 Å². The van der Waals surface area contributed by atoms with Gasteiger partial charge in [-0.3, -0.25) is 0 Å². The Morgan fingerprint density at radius 1 is 0.875 bits per heavy atom. The maximum Gasteiger partial charge on any atom is 0.498 e. The summed E-state index contributed by atoms with van der Waals surface area (Å²) in [6.45, 7) is 12.0. The second-order valence-corrected chi connectivity index (χ2v) is 7.09. The highest BCUT2D eigenvalue weighted by atomic mass is 16.7. The van der Waals surface area contributed by atoms with Crippen LogP contribution >= 0.6 is 0 Å². The first-order chi connectivity index (χ1) is 11.2. The molecule has 1 aliphatic rings. The van der Waals surface area contributed by atoms with Crippen molar-refractivity contribution < 1.29 is 14.0 Å². The summed E-state index contributed by atoms with van der Waals surface area (Å²) in [7, 11) is -0.472. The van der Waals surface area contributed by atoms with E-state index in [0.29, 0.717) is 11.8 Å². The number of aromatic nitrogens is 2. The number of hydrogen-bond acceptors (Lipinski definition) is 5. The van der Waals surface area contributed by atoms with Crippen molar-refractivity contribution in [2.24, 2.45) is 0 Å². The highest BCUT2D eigenvalue weighted by Gasteiger charge is 2.52. The molecular weight excluding hydrogens is 303 g/mol. The van der Waals surface area contributed by atoms with E-state index in [1.165, 1.54) is 0 Å². The molecule has 0 saturated carbocycles. The van der Waals surface area contributed by atoms with E-state index in [4.69, 9.17) is 14.0 Å². The molecule has 0 amide bonds. The van der Waals surface area contributed by atoms with Gasteiger partial charge in [0, 0.05) is 16.9 Å². The van der Waals surface area contributed by atoms with E-state index in [2.05, 4.69) is 9.97 Å². The molecule has 0 bridgehead atoms. The summed E-state index contributed by atoms with van der Waals surface area (Å²) >= 11 is 0. The quantitative estimate of drug-likeness (QED) is 0.811. The lowest BCUT2D eigenvalue weighted by atomic mass is 9.77. The van der Waals surface area contributed by atoms with Gasteiger partial charge in [0.15, 0.2) is 0 Å². The van der Waals surface area contributed by atoms with Crippen LogP contribution in [0.3, 0.4) is 0 Å². The SMILES string of the molecule is Cc1nc(Oc2ccccc2)nc(C)c1B1OC(C)(C)C(C)(C)O1. The highest BCUT2D eigenvalue weighted by molar-refractivity contribution is 6.63. The Balaban J connectivity index is 1.89. The van der Waals surface area contributed by atoms with Crippen LogP contribution in [0.4, 0.5) is 0 Å². The molecule has 0 radical (unpaired) electrons. The van der Waals surface area contributed by atoms with Gasteiger partial charge in [0.2, 0.25) is 0 Å². The van der Waals surface area contributed by atoms with Crippen molar-refractivity contribution in [1.29, 1.82) is 0 Å². The molecule has 1 aromatic heterocycles. The third kappa shape index (κ3) is 3.04. The Morgan fingerprint density at radius 2 is 1.38 bits per heavy atom. The zero-order chi connectivity index (χ0) is 17.5. The molecule has 0 aliphatic carbocycles. The first-order valence-electron chi connectivity index (χ1n) is 8.13. The van der Waals surface area contributed by atoms with Gasteiger partial charge in [-0.05, 0) is 53.7 Å². The fourth-order valence-electron chi connectivity index (χ4n) is 2.64. The lowest BCUT2D eigenvalue weighted by Crippen LogP contribution is -2.41. The van der Waals surface area contributed by atoms with Gasteiger partial charge < -0.3 is 14.0 Å². The minimum Gasteiger partial charge on any atom is -0.424 e. The number of nitrogens with zero attached hydrogens (tertiary/aromatic N) is 2. The van der Waals surface area contributed by atoms with Gasteiger partial charge >= 0.3 is 13.1 Å². The third-order valence-corrected chi connectivity index (χ3v) is 4.75. The van der Waals surface area contributed by atoms with Gasteiger partial charge in [-0.25, -0.2) is 9.97 Å². The summed E-state index contributed by atoms with van der Waals surface area (Å²) in [4.78, 5) is 8.95. The van der Waals surface area contributed by atoms with Crippen molar-refractivity contribution >= 4 is 12.6 Å². The van der Waals surface area contributed by atoms with Crippen molar-refractivity contribution in [2.75, 3.05) is 0 Å². The number of ether oxygens (including phenoxy) is 1. The van der Waals surface area contributed by atoms with Crippen molar-refractivity contribution in [2.45, 2.75) is 52.7 Å². The maximum atomic E-state index is 6.13. The number of benzene rings is 1. The topological polar surface area (TPSA) is 53.5 Å². The van der Waals surface area contributed by atoms with Crippen LogP contribution in [0.25, 0.3) is 0 Å². The number of aryl methyl sites for hydroxylation is 2. The van der Waals surface area contributed by atoms with E-state index in [0.717, 1.165) is 16.9 Å². The van der Waals surface area contributed by atoms with E-state index >= 15 is 0 Å². The highest BCUT2D eigenvalue weighted by Crippen LogP contribution is 2.36. The molecule has 2 heterocycles. The van der Waals surface area contributed by atoms with Gasteiger partial charge in [0.05, 0.1) is 11.2 Å². The molecule has 0 atom stereocenters. The lowest BCUT2D eigenvalue weighted by Gasteiger charge is -2.32. The standard InChI is InChI=1S/C18H23BN2O3/c1-12-15(19-23-17(3,4)18(5,6)24-19)13(2)21-16(20-12)22-14-10-8-7-9-11-14/h7-11H,1-6H3. The molecule has 1 fully saturated rings. The van der Waals surface area contributed by atoms with Gasteiger partial charge in [-0.1, -0.05) is 18.2 Å². The summed E-state index contributed by atoms with van der Waals surface area (Å²) in [5.41, 5.74) is 1.68. The predicted octanol–water partition coefficient (Wildman–Crippen LogP) is 3.18. The zero-order valence-corrected chi connectivity index (χ0v) is 15.1. The van der Waals surface area contributed by atoms with Crippen molar-refractivity contribution in [3.63, 3.8) is 0 Å². The van der Waals surface area contributed by atoms with Crippen LogP contribution in [0.2, 0.25) is 0 Å². The molecule has 0 spiro atoms. The molecule has 2 aromatic rings. The number of hydrogen-bond donors (Lipinski definition) is 0. The summed E-state index contributed by atoms with van der Waals surface area (Å²) in [6, 6.07) is 9.83. The van der Waals surface area contributed by atoms with Crippen LogP contribution < -0.4 is 10.2 Å². The Kier molecular flexibility index (Phi) is 4.14. The monoisotopic (exact) mass is 326 g/mol. The van der Waals surface area contributed by atoms with E-state index in [1.807, 2.05) is 71.9 Å². The molecule has 1 aromatic carbocycles. The van der Waals surface area contributed by atoms with E-state index < -0.39 is 18.3 Å². The summed E-state index contributed by atoms with van der Waals surface area (Å²) in [6.07, 6.45) is 0. The maximum absolute atomic E-state index is 6.13. The molecule has 5 nitrogen and oxygen atoms in total. The van der Waals surface area contributed by atoms with Crippen LogP contribution in [0.15, 0.2) is 30.3 Å². The van der Waals surface area contributed by atoms with Crippen LogP contribution in [0, 0.1) is 13.8 Å². The van der Waals surface area contributed by atoms with Gasteiger partial charge in [0.1, 0.15) is 5.75 Å².